The molecule has 1 N–H and O–H groups in total. The van der Waals surface area contributed by atoms with E-state index in [1.165, 1.54) is 40.4 Å². The Labute approximate surface area is 218 Å². The average Bonchev–Trinajstić information content (AvgIpc) is 3.56. The largest absolute Gasteiger partial charge is 0.447 e. The molecule has 1 saturated heterocycles. The van der Waals surface area contributed by atoms with Crippen LogP contribution < -0.4 is 9.47 Å². The van der Waals surface area contributed by atoms with Crippen LogP contribution in [0.5, 0.6) is 11.5 Å². The van der Waals surface area contributed by atoms with Gasteiger partial charge in [-0.1, -0.05) is 48.5 Å². The molecule has 190 valence electrons. The third kappa shape index (κ3) is 4.51. The molecule has 5 heteroatoms. The highest BCUT2D eigenvalue weighted by Gasteiger charge is 2.34. The van der Waals surface area contributed by atoms with E-state index in [2.05, 4.69) is 64.6 Å². The number of H-pyrrole nitrogens is 1. The lowest BCUT2D eigenvalue weighted by molar-refractivity contribution is 0.0423. The van der Waals surface area contributed by atoms with Crippen LogP contribution in [0.4, 0.5) is 0 Å². The van der Waals surface area contributed by atoms with Gasteiger partial charge < -0.3 is 19.2 Å². The molecule has 3 aromatic carbocycles. The molecule has 3 aliphatic rings. The highest BCUT2D eigenvalue weighted by Crippen LogP contribution is 2.46. The third-order valence-electron chi connectivity index (χ3n) is 8.41. The molecule has 0 aliphatic carbocycles. The number of hydrogen-bond donors (Lipinski definition) is 1. The summed E-state index contributed by atoms with van der Waals surface area (Å²) in [6.07, 6.45) is 7.33. The molecule has 37 heavy (non-hydrogen) atoms. The number of rotatable bonds is 6. The quantitative estimate of drug-likeness (QED) is 0.328. The van der Waals surface area contributed by atoms with Crippen molar-refractivity contribution in [1.29, 1.82) is 0 Å². The van der Waals surface area contributed by atoms with Crippen molar-refractivity contribution in [2.75, 3.05) is 26.3 Å². The number of aromatic nitrogens is 1. The van der Waals surface area contributed by atoms with Crippen molar-refractivity contribution in [3.05, 3.63) is 95.2 Å². The number of ether oxygens (including phenoxy) is 3. The zero-order valence-electron chi connectivity index (χ0n) is 21.2. The normalized spacial score (nSPS) is 21.8. The van der Waals surface area contributed by atoms with Crippen LogP contribution in [-0.2, 0) is 17.6 Å². The van der Waals surface area contributed by atoms with Crippen molar-refractivity contribution in [2.24, 2.45) is 5.92 Å². The van der Waals surface area contributed by atoms with Gasteiger partial charge in [0.05, 0.1) is 0 Å². The first-order valence-electron chi connectivity index (χ1n) is 13.7. The molecule has 5 nitrogen and oxygen atoms in total. The van der Waals surface area contributed by atoms with E-state index in [1.54, 1.807) is 0 Å². The highest BCUT2D eigenvalue weighted by molar-refractivity contribution is 5.83. The molecule has 0 radical (unpaired) electrons. The Morgan fingerprint density at radius 3 is 2.54 bits per heavy atom. The summed E-state index contributed by atoms with van der Waals surface area (Å²) in [5.74, 6) is 2.46. The molecule has 0 saturated carbocycles. The van der Waals surface area contributed by atoms with E-state index in [0.717, 1.165) is 62.6 Å². The van der Waals surface area contributed by atoms with Gasteiger partial charge in [0.2, 0.25) is 0 Å². The average molecular weight is 495 g/mol. The summed E-state index contributed by atoms with van der Waals surface area (Å²) >= 11 is 0. The lowest BCUT2D eigenvalue weighted by Gasteiger charge is -2.40. The van der Waals surface area contributed by atoms with E-state index in [-0.39, 0.29) is 6.29 Å². The Bertz CT molecular complexity index is 1380. The summed E-state index contributed by atoms with van der Waals surface area (Å²) in [5.41, 5.74) is 6.49. The zero-order valence-corrected chi connectivity index (χ0v) is 21.2. The third-order valence-corrected chi connectivity index (χ3v) is 8.41. The van der Waals surface area contributed by atoms with Crippen molar-refractivity contribution in [3.8, 4) is 11.5 Å². The Hall–Kier alpha value is -3.28. The van der Waals surface area contributed by atoms with E-state index >= 15 is 0 Å². The van der Waals surface area contributed by atoms with Crippen molar-refractivity contribution in [2.45, 2.75) is 44.4 Å². The standard InChI is InChI=1S/C32H34N2O3/c1-2-6-23(7-3-1)32-36-30-18-24-12-15-34(21-22-13-16-35-17-14-22)29(27(24)19-31(30)37-32)11-10-25-20-33-28-9-5-4-8-26(25)28/h1-9,18-20,22,29,32-33H,10-17,21H2. The molecular formula is C32H34N2O3. The van der Waals surface area contributed by atoms with Gasteiger partial charge in [0, 0.05) is 55.0 Å². The lowest BCUT2D eigenvalue weighted by Crippen LogP contribution is -2.40. The molecular weight excluding hydrogens is 460 g/mol. The Balaban J connectivity index is 1.18. The van der Waals surface area contributed by atoms with E-state index in [1.807, 2.05) is 18.2 Å². The van der Waals surface area contributed by atoms with Gasteiger partial charge >= 0.3 is 0 Å². The summed E-state index contributed by atoms with van der Waals surface area (Å²) in [5, 5.41) is 1.34. The maximum atomic E-state index is 6.34. The molecule has 7 rings (SSSR count). The fraction of sp³-hybridized carbons (Fsp3) is 0.375. The minimum absolute atomic E-state index is 0.366. The first-order chi connectivity index (χ1) is 18.3. The van der Waals surface area contributed by atoms with Gasteiger partial charge in [0.15, 0.2) is 11.5 Å². The number of para-hydroxylation sites is 1. The summed E-state index contributed by atoms with van der Waals surface area (Å²) in [7, 11) is 0. The maximum Gasteiger partial charge on any atom is 0.267 e. The van der Waals surface area contributed by atoms with Crippen LogP contribution in [0.2, 0.25) is 0 Å². The lowest BCUT2D eigenvalue weighted by atomic mass is 9.87. The fourth-order valence-corrected chi connectivity index (χ4v) is 6.39. The molecule has 3 aliphatic heterocycles. The molecule has 2 atom stereocenters. The number of nitrogens with one attached hydrogen (secondary N) is 1. The van der Waals surface area contributed by atoms with Gasteiger partial charge in [0.25, 0.3) is 6.29 Å². The van der Waals surface area contributed by atoms with Gasteiger partial charge in [-0.25, -0.2) is 0 Å². The van der Waals surface area contributed by atoms with Crippen molar-refractivity contribution in [1.82, 2.24) is 9.88 Å². The number of fused-ring (bicyclic) bond motifs is 3. The first kappa shape index (κ1) is 22.9. The van der Waals surface area contributed by atoms with Gasteiger partial charge in [-0.05, 0) is 72.9 Å². The van der Waals surface area contributed by atoms with Crippen LogP contribution in [-0.4, -0.2) is 36.2 Å². The highest BCUT2D eigenvalue weighted by atomic mass is 16.7. The summed E-state index contributed by atoms with van der Waals surface area (Å²) in [6.45, 7) is 4.02. The smallest absolute Gasteiger partial charge is 0.267 e. The van der Waals surface area contributed by atoms with Crippen LogP contribution in [0.15, 0.2) is 72.9 Å². The predicted molar refractivity (Wildman–Crippen MR) is 145 cm³/mol. The van der Waals surface area contributed by atoms with Crippen LogP contribution >= 0.6 is 0 Å². The first-order valence-corrected chi connectivity index (χ1v) is 13.7. The summed E-state index contributed by atoms with van der Waals surface area (Å²) in [4.78, 5) is 6.20. The van der Waals surface area contributed by atoms with E-state index in [4.69, 9.17) is 14.2 Å². The summed E-state index contributed by atoms with van der Waals surface area (Å²) in [6, 6.07) is 23.7. The number of aromatic amines is 1. The van der Waals surface area contributed by atoms with Crippen molar-refractivity contribution in [3.63, 3.8) is 0 Å². The van der Waals surface area contributed by atoms with Crippen LogP contribution in [0.25, 0.3) is 10.9 Å². The van der Waals surface area contributed by atoms with E-state index < -0.39 is 0 Å². The van der Waals surface area contributed by atoms with Crippen molar-refractivity contribution >= 4 is 10.9 Å². The molecule has 2 unspecified atom stereocenters. The van der Waals surface area contributed by atoms with Crippen molar-refractivity contribution < 1.29 is 14.2 Å². The van der Waals surface area contributed by atoms with Gasteiger partial charge in [-0.15, -0.1) is 0 Å². The maximum absolute atomic E-state index is 6.34. The second kappa shape index (κ2) is 9.88. The summed E-state index contributed by atoms with van der Waals surface area (Å²) < 4.78 is 18.2. The van der Waals surface area contributed by atoms with E-state index in [0.29, 0.717) is 12.0 Å². The zero-order chi connectivity index (χ0) is 24.6. The molecule has 4 aromatic rings. The number of hydrogen-bond acceptors (Lipinski definition) is 4. The van der Waals surface area contributed by atoms with Crippen LogP contribution in [0.1, 0.15) is 53.8 Å². The minimum Gasteiger partial charge on any atom is -0.447 e. The number of nitrogens with zero attached hydrogens (tertiary/aromatic N) is 1. The Morgan fingerprint density at radius 1 is 0.892 bits per heavy atom. The Kier molecular flexibility index (Phi) is 6.11. The predicted octanol–water partition coefficient (Wildman–Crippen LogP) is 6.60. The number of aryl methyl sites for hydroxylation is 1. The Morgan fingerprint density at radius 2 is 1.68 bits per heavy atom. The molecule has 4 heterocycles. The van der Waals surface area contributed by atoms with Gasteiger partial charge in [-0.2, -0.15) is 0 Å². The topological polar surface area (TPSA) is 46.7 Å². The van der Waals surface area contributed by atoms with Crippen LogP contribution in [0.3, 0.4) is 0 Å². The molecule has 1 fully saturated rings. The second-order valence-electron chi connectivity index (χ2n) is 10.7. The molecule has 0 bridgehead atoms. The number of benzene rings is 3. The monoisotopic (exact) mass is 494 g/mol. The minimum atomic E-state index is -0.372. The molecule has 0 spiro atoms. The molecule has 1 aromatic heterocycles. The van der Waals surface area contributed by atoms with Gasteiger partial charge in [-0.3, -0.25) is 4.90 Å². The van der Waals surface area contributed by atoms with Gasteiger partial charge in [0.1, 0.15) is 0 Å². The van der Waals surface area contributed by atoms with E-state index in [9.17, 15) is 0 Å². The fourth-order valence-electron chi connectivity index (χ4n) is 6.39. The van der Waals surface area contributed by atoms with Crippen LogP contribution in [0, 0.1) is 5.92 Å². The SMILES string of the molecule is c1ccc(C2Oc3cc4c(cc3O2)C(CCc2c[nH]c3ccccc23)N(CC2CCOCC2)CC4)cc1. The molecule has 0 amide bonds. The second-order valence-corrected chi connectivity index (χ2v) is 10.7.